The van der Waals surface area contributed by atoms with Crippen molar-refractivity contribution >= 4 is 9.84 Å². The Morgan fingerprint density at radius 3 is 2.74 bits per heavy atom. The molecule has 0 aliphatic heterocycles. The predicted octanol–water partition coefficient (Wildman–Crippen LogP) is 1.64. The van der Waals surface area contributed by atoms with Crippen molar-refractivity contribution < 1.29 is 12.8 Å². The third-order valence-corrected chi connectivity index (χ3v) is 5.71. The van der Waals surface area contributed by atoms with Crippen LogP contribution in [0, 0.1) is 0 Å². The number of aromatic nitrogens is 1. The molecule has 0 aromatic carbocycles. The molecule has 0 atom stereocenters. The molecule has 1 saturated carbocycles. The largest absolute Gasteiger partial charge is 0.444 e. The van der Waals surface area contributed by atoms with E-state index in [1.807, 2.05) is 0 Å². The molecule has 1 N–H and O–H groups in total. The molecule has 0 bridgehead atoms. The minimum absolute atomic E-state index is 0.417. The number of oxazole rings is 1. The van der Waals surface area contributed by atoms with E-state index in [2.05, 4.69) is 10.3 Å². The van der Waals surface area contributed by atoms with Crippen molar-refractivity contribution in [2.75, 3.05) is 12.8 Å². The number of sulfone groups is 1. The monoisotopic (exact) mass is 286 g/mol. The molecule has 1 aromatic rings. The van der Waals surface area contributed by atoms with Crippen LogP contribution in [0.3, 0.4) is 0 Å². The highest BCUT2D eigenvalue weighted by Gasteiger charge is 2.36. The average molecular weight is 286 g/mol. The van der Waals surface area contributed by atoms with Gasteiger partial charge in [0.25, 0.3) is 0 Å². The molecule has 1 aliphatic carbocycles. The Morgan fingerprint density at radius 2 is 2.16 bits per heavy atom. The minimum atomic E-state index is -3.22. The third kappa shape index (κ3) is 3.57. The maximum absolute atomic E-state index is 11.7. The minimum Gasteiger partial charge on any atom is -0.444 e. The van der Waals surface area contributed by atoms with Gasteiger partial charge < -0.3 is 9.73 Å². The fraction of sp³-hybridized carbons (Fsp3) is 0.769. The Hall–Kier alpha value is -0.880. The van der Waals surface area contributed by atoms with E-state index in [0.29, 0.717) is 17.7 Å². The zero-order valence-electron chi connectivity index (χ0n) is 11.8. The molecule has 0 unspecified atom stereocenters. The fourth-order valence-corrected chi connectivity index (χ4v) is 2.18. The summed E-state index contributed by atoms with van der Waals surface area (Å²) in [6.45, 7) is 4.24. The topological polar surface area (TPSA) is 72.2 Å². The molecule has 1 aliphatic rings. The van der Waals surface area contributed by atoms with E-state index >= 15 is 0 Å². The van der Waals surface area contributed by atoms with Gasteiger partial charge >= 0.3 is 0 Å². The lowest BCUT2D eigenvalue weighted by atomic mass is 10.2. The summed E-state index contributed by atoms with van der Waals surface area (Å²) in [5.41, 5.74) is 0. The Balaban J connectivity index is 1.90. The predicted molar refractivity (Wildman–Crippen MR) is 73.7 cm³/mol. The van der Waals surface area contributed by atoms with E-state index < -0.39 is 14.6 Å². The Bertz CT molecular complexity index is 530. The zero-order chi connectivity index (χ0) is 14.1. The Morgan fingerprint density at radius 1 is 1.47 bits per heavy atom. The molecule has 19 heavy (non-hydrogen) atoms. The number of hydrogen-bond donors (Lipinski definition) is 1. The van der Waals surface area contributed by atoms with Gasteiger partial charge in [0, 0.05) is 18.7 Å². The van der Waals surface area contributed by atoms with Gasteiger partial charge in [0.2, 0.25) is 0 Å². The summed E-state index contributed by atoms with van der Waals surface area (Å²) in [4.78, 5) is 4.17. The van der Waals surface area contributed by atoms with Crippen LogP contribution in [-0.2, 0) is 21.0 Å². The molecule has 6 heteroatoms. The lowest BCUT2D eigenvalue weighted by molar-refractivity contribution is 0.409. The van der Waals surface area contributed by atoms with Crippen LogP contribution in [0.1, 0.15) is 44.8 Å². The smallest absolute Gasteiger partial charge is 0.194 e. The first kappa shape index (κ1) is 14.5. The van der Waals surface area contributed by atoms with Crippen molar-refractivity contribution in [1.82, 2.24) is 10.3 Å². The van der Waals surface area contributed by atoms with Crippen LogP contribution in [0.2, 0.25) is 0 Å². The normalized spacial score (nSPS) is 16.8. The summed E-state index contributed by atoms with van der Waals surface area (Å²) in [5, 5.41) is 3.42. The van der Waals surface area contributed by atoms with E-state index in [-0.39, 0.29) is 0 Å². The van der Waals surface area contributed by atoms with E-state index in [0.717, 1.165) is 19.4 Å². The molecule has 1 heterocycles. The van der Waals surface area contributed by atoms with E-state index in [4.69, 9.17) is 4.42 Å². The summed E-state index contributed by atoms with van der Waals surface area (Å²) in [7, 11) is -3.22. The van der Waals surface area contributed by atoms with Gasteiger partial charge in [-0.2, -0.15) is 0 Å². The fourth-order valence-electron chi connectivity index (χ4n) is 1.72. The van der Waals surface area contributed by atoms with Crippen LogP contribution in [0.4, 0.5) is 0 Å². The standard InChI is InChI=1S/C13H22N2O3S/c1-13(2,19(3,16)17)11-9-15-12(18-11)5-4-8-14-10-6-7-10/h9-10,14H,4-8H2,1-3H3. The highest BCUT2D eigenvalue weighted by atomic mass is 32.2. The first-order chi connectivity index (χ1) is 8.80. The summed E-state index contributed by atoms with van der Waals surface area (Å²) < 4.78 is 28.0. The second-order valence-corrected chi connectivity index (χ2v) is 8.30. The van der Waals surface area contributed by atoms with Gasteiger partial charge in [-0.15, -0.1) is 0 Å². The first-order valence-corrected chi connectivity index (χ1v) is 8.58. The molecule has 108 valence electrons. The molecule has 2 rings (SSSR count). The summed E-state index contributed by atoms with van der Waals surface area (Å²) in [5.74, 6) is 1.03. The van der Waals surface area contributed by atoms with Crippen molar-refractivity contribution in [3.63, 3.8) is 0 Å². The van der Waals surface area contributed by atoms with Crippen LogP contribution < -0.4 is 5.32 Å². The van der Waals surface area contributed by atoms with Crippen molar-refractivity contribution in [3.05, 3.63) is 17.8 Å². The maximum Gasteiger partial charge on any atom is 0.194 e. The lowest BCUT2D eigenvalue weighted by Crippen LogP contribution is -2.27. The second kappa shape index (κ2) is 5.25. The van der Waals surface area contributed by atoms with Gasteiger partial charge in [-0.25, -0.2) is 13.4 Å². The van der Waals surface area contributed by atoms with Crippen LogP contribution in [0.5, 0.6) is 0 Å². The van der Waals surface area contributed by atoms with Crippen LogP contribution in [-0.4, -0.2) is 32.2 Å². The number of nitrogens with zero attached hydrogens (tertiary/aromatic N) is 1. The number of hydrogen-bond acceptors (Lipinski definition) is 5. The molecule has 1 fully saturated rings. The van der Waals surface area contributed by atoms with E-state index in [1.54, 1.807) is 13.8 Å². The first-order valence-electron chi connectivity index (χ1n) is 6.69. The van der Waals surface area contributed by atoms with Crippen molar-refractivity contribution in [2.45, 2.75) is 50.3 Å². The van der Waals surface area contributed by atoms with Crippen LogP contribution in [0.15, 0.2) is 10.6 Å². The molecule has 0 radical (unpaired) electrons. The number of rotatable bonds is 7. The highest BCUT2D eigenvalue weighted by Crippen LogP contribution is 2.29. The molecule has 1 aromatic heterocycles. The average Bonchev–Trinajstić information content (AvgIpc) is 2.99. The molecular weight excluding hydrogens is 264 g/mol. The van der Waals surface area contributed by atoms with Gasteiger partial charge in [-0.05, 0) is 39.7 Å². The Kier molecular flexibility index (Phi) is 4.01. The quantitative estimate of drug-likeness (QED) is 0.771. The number of nitrogens with one attached hydrogen (secondary N) is 1. The van der Waals surface area contributed by atoms with E-state index in [9.17, 15) is 8.42 Å². The van der Waals surface area contributed by atoms with Crippen molar-refractivity contribution in [2.24, 2.45) is 0 Å². The Labute approximate surface area is 114 Å². The van der Waals surface area contributed by atoms with E-state index in [1.165, 1.54) is 25.3 Å². The molecular formula is C13H22N2O3S. The van der Waals surface area contributed by atoms with Crippen LogP contribution in [0.25, 0.3) is 0 Å². The van der Waals surface area contributed by atoms with Crippen molar-refractivity contribution in [1.29, 1.82) is 0 Å². The molecule has 0 amide bonds. The number of aryl methyl sites for hydroxylation is 1. The van der Waals surface area contributed by atoms with Gasteiger partial charge in [0.1, 0.15) is 10.5 Å². The highest BCUT2D eigenvalue weighted by molar-refractivity contribution is 7.91. The third-order valence-electron chi connectivity index (χ3n) is 3.65. The van der Waals surface area contributed by atoms with Gasteiger partial charge in [-0.1, -0.05) is 0 Å². The maximum atomic E-state index is 11.7. The zero-order valence-corrected chi connectivity index (χ0v) is 12.6. The summed E-state index contributed by atoms with van der Waals surface area (Å²) in [6.07, 6.45) is 7.01. The van der Waals surface area contributed by atoms with Gasteiger partial charge in [0.05, 0.1) is 6.20 Å². The summed E-state index contributed by atoms with van der Waals surface area (Å²) >= 11 is 0. The van der Waals surface area contributed by atoms with Gasteiger partial charge in [-0.3, -0.25) is 0 Å². The molecule has 0 saturated heterocycles. The molecule has 0 spiro atoms. The molecule has 5 nitrogen and oxygen atoms in total. The summed E-state index contributed by atoms with van der Waals surface area (Å²) in [6, 6.07) is 0.712. The second-order valence-electron chi connectivity index (χ2n) is 5.73. The van der Waals surface area contributed by atoms with Gasteiger partial charge in [0.15, 0.2) is 15.7 Å². The lowest BCUT2D eigenvalue weighted by Gasteiger charge is -2.18. The van der Waals surface area contributed by atoms with Crippen molar-refractivity contribution in [3.8, 4) is 0 Å². The SMILES string of the molecule is CC(C)(c1cnc(CCCNC2CC2)o1)S(C)(=O)=O. The van der Waals surface area contributed by atoms with Crippen LogP contribution >= 0.6 is 0 Å².